The second-order valence-corrected chi connectivity index (χ2v) is 4.68. The second-order valence-electron chi connectivity index (χ2n) is 4.68. The van der Waals surface area contributed by atoms with Gasteiger partial charge in [-0.05, 0) is 30.5 Å². The van der Waals surface area contributed by atoms with Crippen molar-refractivity contribution in [2.24, 2.45) is 5.92 Å². The molecule has 0 aliphatic heterocycles. The zero-order chi connectivity index (χ0) is 13.7. The molecule has 100 valence electrons. The topological polar surface area (TPSA) is 89.8 Å². The highest BCUT2D eigenvalue weighted by molar-refractivity contribution is 5.97. The molecule has 0 heterocycles. The molecule has 0 spiro atoms. The quantitative estimate of drug-likeness (QED) is 0.594. The maximum absolute atomic E-state index is 11.9. The van der Waals surface area contributed by atoms with Crippen molar-refractivity contribution >= 4 is 5.91 Å². The van der Waals surface area contributed by atoms with E-state index in [2.05, 4.69) is 5.32 Å². The van der Waals surface area contributed by atoms with Gasteiger partial charge in [-0.3, -0.25) is 4.79 Å². The lowest BCUT2D eigenvalue weighted by atomic mass is 10.0. The van der Waals surface area contributed by atoms with Gasteiger partial charge in [0.2, 0.25) is 0 Å². The molecule has 0 aliphatic carbocycles. The highest BCUT2D eigenvalue weighted by Gasteiger charge is 2.17. The maximum atomic E-state index is 11.9. The molecule has 1 aromatic rings. The smallest absolute Gasteiger partial charge is 0.255 e. The Bertz CT molecular complexity index is 417. The molecule has 1 unspecified atom stereocenters. The number of phenols is 2. The lowest BCUT2D eigenvalue weighted by molar-refractivity contribution is 0.0905. The first-order valence-electron chi connectivity index (χ1n) is 5.87. The molecular weight excluding hydrogens is 234 g/mol. The summed E-state index contributed by atoms with van der Waals surface area (Å²) in [5.74, 6) is -0.475. The molecule has 1 aromatic carbocycles. The number of aromatic hydroxyl groups is 2. The van der Waals surface area contributed by atoms with Crippen molar-refractivity contribution in [1.29, 1.82) is 0 Å². The molecule has 0 radical (unpaired) electrons. The van der Waals surface area contributed by atoms with Crippen molar-refractivity contribution in [3.8, 4) is 11.5 Å². The average Bonchev–Trinajstić information content (AvgIpc) is 2.30. The van der Waals surface area contributed by atoms with E-state index in [0.29, 0.717) is 12.3 Å². The van der Waals surface area contributed by atoms with Crippen LogP contribution in [0.15, 0.2) is 18.2 Å². The van der Waals surface area contributed by atoms with Crippen molar-refractivity contribution < 1.29 is 20.1 Å². The van der Waals surface area contributed by atoms with Crippen LogP contribution < -0.4 is 5.32 Å². The average molecular weight is 253 g/mol. The van der Waals surface area contributed by atoms with E-state index < -0.39 is 5.91 Å². The molecule has 5 nitrogen and oxygen atoms in total. The SMILES string of the molecule is CC(C)CC(CO)NC(=O)c1cc(O)ccc1O. The Morgan fingerprint density at radius 1 is 1.33 bits per heavy atom. The number of nitrogens with one attached hydrogen (secondary N) is 1. The van der Waals surface area contributed by atoms with Crippen LogP contribution in [0.25, 0.3) is 0 Å². The van der Waals surface area contributed by atoms with Crippen molar-refractivity contribution in [2.45, 2.75) is 26.3 Å². The minimum Gasteiger partial charge on any atom is -0.508 e. The van der Waals surface area contributed by atoms with Crippen LogP contribution in [0.5, 0.6) is 11.5 Å². The van der Waals surface area contributed by atoms with Crippen LogP contribution in [0.3, 0.4) is 0 Å². The zero-order valence-corrected chi connectivity index (χ0v) is 10.6. The summed E-state index contributed by atoms with van der Waals surface area (Å²) in [4.78, 5) is 11.9. The van der Waals surface area contributed by atoms with Gasteiger partial charge in [-0.1, -0.05) is 13.8 Å². The van der Waals surface area contributed by atoms with E-state index in [1.807, 2.05) is 13.8 Å². The van der Waals surface area contributed by atoms with Crippen molar-refractivity contribution in [3.05, 3.63) is 23.8 Å². The van der Waals surface area contributed by atoms with E-state index in [0.717, 1.165) is 0 Å². The van der Waals surface area contributed by atoms with E-state index in [9.17, 15) is 15.0 Å². The Labute approximate surface area is 106 Å². The number of hydrogen-bond acceptors (Lipinski definition) is 4. The summed E-state index contributed by atoms with van der Waals surface area (Å²) >= 11 is 0. The molecule has 0 saturated heterocycles. The van der Waals surface area contributed by atoms with Crippen LogP contribution >= 0.6 is 0 Å². The number of phenolic OH excluding ortho intramolecular Hbond substituents is 2. The van der Waals surface area contributed by atoms with E-state index in [1.54, 1.807) is 0 Å². The van der Waals surface area contributed by atoms with E-state index in [4.69, 9.17) is 5.11 Å². The second kappa shape index (κ2) is 6.26. The summed E-state index contributed by atoms with van der Waals surface area (Å²) < 4.78 is 0. The molecule has 4 N–H and O–H groups in total. The maximum Gasteiger partial charge on any atom is 0.255 e. The molecule has 0 saturated carbocycles. The Kier molecular flexibility index (Phi) is 4.97. The predicted octanol–water partition coefficient (Wildman–Crippen LogP) is 1.23. The minimum absolute atomic E-state index is 0.00259. The molecule has 1 amide bonds. The van der Waals surface area contributed by atoms with Gasteiger partial charge in [0, 0.05) is 0 Å². The minimum atomic E-state index is -0.511. The molecule has 18 heavy (non-hydrogen) atoms. The number of aliphatic hydroxyl groups excluding tert-OH is 1. The third-order valence-corrected chi connectivity index (χ3v) is 2.54. The van der Waals surface area contributed by atoms with Gasteiger partial charge in [-0.15, -0.1) is 0 Å². The van der Waals surface area contributed by atoms with Crippen LogP contribution in [0.4, 0.5) is 0 Å². The Morgan fingerprint density at radius 2 is 2.00 bits per heavy atom. The number of hydrogen-bond donors (Lipinski definition) is 4. The first-order valence-corrected chi connectivity index (χ1v) is 5.87. The number of aliphatic hydroxyl groups is 1. The third-order valence-electron chi connectivity index (χ3n) is 2.54. The normalized spacial score (nSPS) is 12.4. The van der Waals surface area contributed by atoms with Crippen LogP contribution in [0, 0.1) is 5.92 Å². The van der Waals surface area contributed by atoms with Gasteiger partial charge in [-0.2, -0.15) is 0 Å². The number of carbonyl (C=O) groups is 1. The number of benzene rings is 1. The summed E-state index contributed by atoms with van der Waals surface area (Å²) in [6.45, 7) is 3.81. The lowest BCUT2D eigenvalue weighted by Gasteiger charge is -2.18. The first kappa shape index (κ1) is 14.3. The molecule has 0 fully saturated rings. The monoisotopic (exact) mass is 253 g/mol. The fourth-order valence-corrected chi connectivity index (χ4v) is 1.72. The summed E-state index contributed by atoms with van der Waals surface area (Å²) in [7, 11) is 0. The van der Waals surface area contributed by atoms with Gasteiger partial charge in [0.15, 0.2) is 0 Å². The van der Waals surface area contributed by atoms with E-state index >= 15 is 0 Å². The number of amides is 1. The number of rotatable bonds is 5. The van der Waals surface area contributed by atoms with Crippen molar-refractivity contribution in [1.82, 2.24) is 5.32 Å². The number of carbonyl (C=O) groups excluding carboxylic acids is 1. The first-order chi connectivity index (χ1) is 8.43. The highest BCUT2D eigenvalue weighted by Crippen LogP contribution is 2.22. The third kappa shape index (κ3) is 3.92. The molecule has 0 aliphatic rings. The molecule has 5 heteroatoms. The molecule has 0 bridgehead atoms. The summed E-state index contributed by atoms with van der Waals surface area (Å²) in [5.41, 5.74) is -0.00259. The Morgan fingerprint density at radius 3 is 2.56 bits per heavy atom. The van der Waals surface area contributed by atoms with Gasteiger partial charge in [0.1, 0.15) is 11.5 Å². The standard InChI is InChI=1S/C13H19NO4/c1-8(2)5-9(7-15)14-13(18)11-6-10(16)3-4-12(11)17/h3-4,6,8-9,15-17H,5,7H2,1-2H3,(H,14,18). The van der Waals surface area contributed by atoms with E-state index in [1.165, 1.54) is 18.2 Å². The summed E-state index contributed by atoms with van der Waals surface area (Å²) in [5, 5.41) is 30.6. The van der Waals surface area contributed by atoms with Gasteiger partial charge in [0.05, 0.1) is 18.2 Å². The molecular formula is C13H19NO4. The van der Waals surface area contributed by atoms with Crippen molar-refractivity contribution in [3.63, 3.8) is 0 Å². The van der Waals surface area contributed by atoms with Gasteiger partial charge >= 0.3 is 0 Å². The molecule has 1 atom stereocenters. The van der Waals surface area contributed by atoms with Crippen LogP contribution in [0.2, 0.25) is 0 Å². The largest absolute Gasteiger partial charge is 0.508 e. The predicted molar refractivity (Wildman–Crippen MR) is 67.6 cm³/mol. The lowest BCUT2D eigenvalue weighted by Crippen LogP contribution is -2.38. The van der Waals surface area contributed by atoms with Crippen LogP contribution in [-0.2, 0) is 0 Å². The Balaban J connectivity index is 2.77. The fourth-order valence-electron chi connectivity index (χ4n) is 1.72. The van der Waals surface area contributed by atoms with Crippen LogP contribution in [0.1, 0.15) is 30.6 Å². The van der Waals surface area contributed by atoms with Crippen LogP contribution in [-0.4, -0.2) is 33.9 Å². The highest BCUT2D eigenvalue weighted by atomic mass is 16.3. The van der Waals surface area contributed by atoms with Crippen molar-refractivity contribution in [2.75, 3.05) is 6.61 Å². The van der Waals surface area contributed by atoms with Gasteiger partial charge in [0.25, 0.3) is 5.91 Å². The molecule has 1 rings (SSSR count). The zero-order valence-electron chi connectivity index (χ0n) is 10.6. The fraction of sp³-hybridized carbons (Fsp3) is 0.462. The summed E-state index contributed by atoms with van der Waals surface area (Å²) in [6, 6.07) is 3.37. The molecule has 0 aromatic heterocycles. The summed E-state index contributed by atoms with van der Waals surface area (Å²) in [6.07, 6.45) is 0.641. The van der Waals surface area contributed by atoms with E-state index in [-0.39, 0.29) is 29.7 Å². The van der Waals surface area contributed by atoms with Gasteiger partial charge < -0.3 is 20.6 Å². The Hall–Kier alpha value is -1.75. The van der Waals surface area contributed by atoms with Gasteiger partial charge in [-0.25, -0.2) is 0 Å².